The molecule has 0 radical (unpaired) electrons. The van der Waals surface area contributed by atoms with Crippen LogP contribution in [0.5, 0.6) is 5.75 Å². The van der Waals surface area contributed by atoms with Gasteiger partial charge in [-0.15, -0.1) is 0 Å². The van der Waals surface area contributed by atoms with Crippen molar-refractivity contribution >= 4 is 5.97 Å². The van der Waals surface area contributed by atoms with E-state index in [1.165, 1.54) is 5.56 Å². The number of rotatable bonds is 8. The lowest BCUT2D eigenvalue weighted by Crippen LogP contribution is -2.20. The lowest BCUT2D eigenvalue weighted by Gasteiger charge is -2.16. The molecule has 2 aromatic carbocycles. The molecule has 1 atom stereocenters. The molecule has 0 bridgehead atoms. The van der Waals surface area contributed by atoms with E-state index in [1.807, 2.05) is 24.3 Å². The molecule has 2 aromatic rings. The smallest absolute Gasteiger partial charge is 0.335 e. The summed E-state index contributed by atoms with van der Waals surface area (Å²) in [5.74, 6) is 0.470. The van der Waals surface area contributed by atoms with Crippen LogP contribution in [-0.4, -0.2) is 47.4 Å². The number of likely N-dealkylation sites (tertiary alicyclic amines) is 1. The van der Waals surface area contributed by atoms with E-state index in [4.69, 9.17) is 14.9 Å². The Balaban J connectivity index is 1.51. The van der Waals surface area contributed by atoms with Gasteiger partial charge in [0.1, 0.15) is 12.4 Å². The third-order valence-electron chi connectivity index (χ3n) is 4.76. The first-order valence-corrected chi connectivity index (χ1v) is 9.01. The molecule has 0 amide bonds. The van der Waals surface area contributed by atoms with E-state index >= 15 is 0 Å². The third-order valence-corrected chi connectivity index (χ3v) is 4.76. The molecule has 0 aliphatic carbocycles. The molecule has 1 fully saturated rings. The number of carboxylic acid groups (broad SMARTS) is 1. The van der Waals surface area contributed by atoms with E-state index < -0.39 is 5.97 Å². The maximum absolute atomic E-state index is 11.1. The lowest BCUT2D eigenvalue weighted by molar-refractivity contribution is 0.0696. The van der Waals surface area contributed by atoms with Gasteiger partial charge in [-0.05, 0) is 60.7 Å². The largest absolute Gasteiger partial charge is 0.491 e. The highest BCUT2D eigenvalue weighted by atomic mass is 16.5. The average molecular weight is 355 g/mol. The van der Waals surface area contributed by atoms with Crippen molar-refractivity contribution in [2.24, 2.45) is 5.92 Å². The Hall–Kier alpha value is -2.37. The summed E-state index contributed by atoms with van der Waals surface area (Å²) in [5.41, 5.74) is 2.71. The molecular weight excluding hydrogens is 330 g/mol. The summed E-state index contributed by atoms with van der Waals surface area (Å²) in [7, 11) is 0. The lowest BCUT2D eigenvalue weighted by atomic mass is 9.97. The Morgan fingerprint density at radius 3 is 2.69 bits per heavy atom. The minimum Gasteiger partial charge on any atom is -0.491 e. The van der Waals surface area contributed by atoms with Gasteiger partial charge < -0.3 is 14.9 Å². The van der Waals surface area contributed by atoms with Crippen LogP contribution in [0.15, 0.2) is 48.5 Å². The Morgan fingerprint density at radius 2 is 1.96 bits per heavy atom. The van der Waals surface area contributed by atoms with Gasteiger partial charge in [-0.3, -0.25) is 4.90 Å². The van der Waals surface area contributed by atoms with Gasteiger partial charge in [0.15, 0.2) is 0 Å². The number of aliphatic hydroxyl groups excluding tert-OH is 1. The Bertz CT molecular complexity index is 729. The van der Waals surface area contributed by atoms with Gasteiger partial charge in [0, 0.05) is 13.1 Å². The number of hydrogen-bond acceptors (Lipinski definition) is 4. The van der Waals surface area contributed by atoms with E-state index in [1.54, 1.807) is 12.1 Å². The van der Waals surface area contributed by atoms with Crippen molar-refractivity contribution in [3.63, 3.8) is 0 Å². The summed E-state index contributed by atoms with van der Waals surface area (Å²) in [5, 5.41) is 17.9. The van der Waals surface area contributed by atoms with Gasteiger partial charge in [-0.25, -0.2) is 4.79 Å². The van der Waals surface area contributed by atoms with Crippen LogP contribution in [0.1, 0.15) is 27.9 Å². The number of aromatic carboxylic acids is 1. The van der Waals surface area contributed by atoms with Crippen LogP contribution in [0.2, 0.25) is 0 Å². The maximum atomic E-state index is 11.1. The van der Waals surface area contributed by atoms with Gasteiger partial charge in [-0.2, -0.15) is 0 Å². The van der Waals surface area contributed by atoms with E-state index in [9.17, 15) is 4.79 Å². The second-order valence-electron chi connectivity index (χ2n) is 6.82. The van der Waals surface area contributed by atoms with Crippen LogP contribution in [0.4, 0.5) is 0 Å². The molecule has 26 heavy (non-hydrogen) atoms. The van der Waals surface area contributed by atoms with Crippen LogP contribution >= 0.6 is 0 Å². The van der Waals surface area contributed by atoms with E-state index in [-0.39, 0.29) is 6.61 Å². The number of nitrogens with zero attached hydrogens (tertiary/aromatic N) is 1. The molecule has 138 valence electrons. The summed E-state index contributed by atoms with van der Waals surface area (Å²) >= 11 is 0. The number of ether oxygens (including phenoxy) is 1. The van der Waals surface area contributed by atoms with Crippen molar-refractivity contribution in [2.45, 2.75) is 19.4 Å². The molecule has 0 spiro atoms. The van der Waals surface area contributed by atoms with Crippen LogP contribution in [0.25, 0.3) is 0 Å². The molecule has 5 nitrogen and oxygen atoms in total. The third kappa shape index (κ3) is 5.07. The van der Waals surface area contributed by atoms with Crippen LogP contribution in [0, 0.1) is 5.92 Å². The molecule has 0 unspecified atom stereocenters. The zero-order valence-corrected chi connectivity index (χ0v) is 14.8. The number of hydrogen-bond donors (Lipinski definition) is 2. The molecule has 0 saturated carbocycles. The minimum atomic E-state index is -0.869. The fraction of sp³-hybridized carbons (Fsp3) is 0.381. The summed E-state index contributed by atoms with van der Waals surface area (Å²) in [6, 6.07) is 15.3. The maximum Gasteiger partial charge on any atom is 0.335 e. The highest BCUT2D eigenvalue weighted by Gasteiger charge is 2.22. The van der Waals surface area contributed by atoms with Crippen molar-refractivity contribution in [1.82, 2.24) is 4.90 Å². The second kappa shape index (κ2) is 8.83. The van der Waals surface area contributed by atoms with Gasteiger partial charge >= 0.3 is 5.97 Å². The average Bonchev–Trinajstić information content (AvgIpc) is 3.08. The SMILES string of the molecule is O=C(O)c1cccc(C[C@H]2CCN(Cc3ccc(OCCO)cc3)C2)c1. The van der Waals surface area contributed by atoms with Gasteiger partial charge in [0.2, 0.25) is 0 Å². The van der Waals surface area contributed by atoms with Crippen LogP contribution < -0.4 is 4.74 Å². The first-order valence-electron chi connectivity index (χ1n) is 9.01. The zero-order chi connectivity index (χ0) is 18.4. The van der Waals surface area contributed by atoms with E-state index in [2.05, 4.69) is 17.0 Å². The van der Waals surface area contributed by atoms with Crippen molar-refractivity contribution in [3.05, 3.63) is 65.2 Å². The molecule has 5 heteroatoms. The van der Waals surface area contributed by atoms with Gasteiger partial charge in [0.05, 0.1) is 12.2 Å². The van der Waals surface area contributed by atoms with Crippen molar-refractivity contribution in [3.8, 4) is 5.75 Å². The molecule has 1 heterocycles. The zero-order valence-electron chi connectivity index (χ0n) is 14.8. The normalized spacial score (nSPS) is 17.3. The molecular formula is C21H25NO4. The van der Waals surface area contributed by atoms with Gasteiger partial charge in [-0.1, -0.05) is 24.3 Å². The predicted molar refractivity (Wildman–Crippen MR) is 99.5 cm³/mol. The van der Waals surface area contributed by atoms with Crippen molar-refractivity contribution < 1.29 is 19.7 Å². The van der Waals surface area contributed by atoms with E-state index in [0.29, 0.717) is 18.1 Å². The number of aliphatic hydroxyl groups is 1. The molecule has 2 N–H and O–H groups in total. The summed E-state index contributed by atoms with van der Waals surface area (Å²) in [4.78, 5) is 13.5. The number of carbonyl (C=O) groups is 1. The molecule has 1 aliphatic heterocycles. The predicted octanol–water partition coefficient (Wildman–Crippen LogP) is 2.82. The van der Waals surface area contributed by atoms with Crippen molar-refractivity contribution in [1.29, 1.82) is 0 Å². The number of benzene rings is 2. The molecule has 1 saturated heterocycles. The minimum absolute atomic E-state index is 0.0201. The van der Waals surface area contributed by atoms with Crippen LogP contribution in [-0.2, 0) is 13.0 Å². The highest BCUT2D eigenvalue weighted by Crippen LogP contribution is 2.23. The molecule has 0 aromatic heterocycles. The Morgan fingerprint density at radius 1 is 1.15 bits per heavy atom. The summed E-state index contributed by atoms with van der Waals surface area (Å²) in [6.07, 6.45) is 2.06. The molecule has 1 aliphatic rings. The summed E-state index contributed by atoms with van der Waals surface area (Å²) < 4.78 is 5.38. The van der Waals surface area contributed by atoms with Crippen LogP contribution in [0.3, 0.4) is 0 Å². The molecule has 3 rings (SSSR count). The van der Waals surface area contributed by atoms with E-state index in [0.717, 1.165) is 43.8 Å². The number of carboxylic acids is 1. The monoisotopic (exact) mass is 355 g/mol. The fourth-order valence-corrected chi connectivity index (χ4v) is 3.50. The quantitative estimate of drug-likeness (QED) is 0.762. The standard InChI is InChI=1S/C21H25NO4/c23-10-11-26-20-6-4-16(5-7-20)14-22-9-8-18(15-22)12-17-2-1-3-19(13-17)21(24)25/h1-7,13,18,23H,8-12,14-15H2,(H,24,25)/t18-/m1/s1. The Kier molecular flexibility index (Phi) is 6.26. The first-order chi connectivity index (χ1) is 12.6. The van der Waals surface area contributed by atoms with Crippen molar-refractivity contribution in [2.75, 3.05) is 26.3 Å². The first kappa shape index (κ1) is 18.4. The van der Waals surface area contributed by atoms with Gasteiger partial charge in [0.25, 0.3) is 0 Å². The Labute approximate surface area is 153 Å². The summed E-state index contributed by atoms with van der Waals surface area (Å²) in [6.45, 7) is 3.33. The fourth-order valence-electron chi connectivity index (χ4n) is 3.50. The topological polar surface area (TPSA) is 70.0 Å². The highest BCUT2D eigenvalue weighted by molar-refractivity contribution is 5.87. The second-order valence-corrected chi connectivity index (χ2v) is 6.82.